The van der Waals surface area contributed by atoms with Gasteiger partial charge in [0.05, 0.1) is 17.8 Å². The third kappa shape index (κ3) is 45.2. The molecule has 11 heteroatoms. The maximum absolute atomic E-state index is 12.8. The highest BCUT2D eigenvalue weighted by molar-refractivity contribution is 8.13. The highest BCUT2D eigenvalue weighted by Crippen LogP contribution is 2.21. The Kier molecular flexibility index (Phi) is 42.9. The molecule has 0 rings (SSSR count). The van der Waals surface area contributed by atoms with Crippen molar-refractivity contribution in [3.63, 3.8) is 0 Å². The second kappa shape index (κ2) is 44.1. The van der Waals surface area contributed by atoms with Crippen molar-refractivity contribution >= 4 is 29.2 Å². The van der Waals surface area contributed by atoms with E-state index in [4.69, 9.17) is 18.9 Å². The summed E-state index contributed by atoms with van der Waals surface area (Å²) in [4.78, 5) is 38.1. The lowest BCUT2D eigenvalue weighted by Crippen LogP contribution is -2.36. The van der Waals surface area contributed by atoms with Gasteiger partial charge in [0.25, 0.3) is 5.24 Å². The number of carbonyl (C=O) groups excluding carboxylic acids is 3. The van der Waals surface area contributed by atoms with Crippen LogP contribution in [0.5, 0.6) is 0 Å². The Morgan fingerprint density at radius 1 is 0.476 bits per heavy atom. The van der Waals surface area contributed by atoms with Crippen LogP contribution in [0.2, 0.25) is 0 Å². The minimum absolute atomic E-state index is 0.122. The molecular formula is C52H103N3O7S. The Balaban J connectivity index is 4.45. The Bertz CT molecular complexity index is 1050. The van der Waals surface area contributed by atoms with Gasteiger partial charge in [-0.1, -0.05) is 205 Å². The van der Waals surface area contributed by atoms with Gasteiger partial charge in [-0.2, -0.15) is 0 Å². The minimum atomic E-state index is -0.762. The SMILES string of the molecule is CCCCCCCCCCCCCCCCCCNC(=O)OC(COC(=O)NCCCCCCCCCCCCCCCC)CSC(=O)NCCCC(C)(C)OCCC(C)(C)OC. The maximum atomic E-state index is 12.8. The zero-order chi connectivity index (χ0) is 46.5. The first kappa shape index (κ1) is 61.3. The van der Waals surface area contributed by atoms with Crippen LogP contribution < -0.4 is 16.0 Å². The van der Waals surface area contributed by atoms with Crippen molar-refractivity contribution in [1.29, 1.82) is 0 Å². The summed E-state index contributed by atoms with van der Waals surface area (Å²) < 4.78 is 22.7. The molecule has 0 aliphatic carbocycles. The van der Waals surface area contributed by atoms with Crippen LogP contribution >= 0.6 is 11.8 Å². The van der Waals surface area contributed by atoms with E-state index in [1.165, 1.54) is 167 Å². The average molecular weight is 914 g/mol. The number of rotatable bonds is 46. The largest absolute Gasteiger partial charge is 0.446 e. The molecule has 0 saturated heterocycles. The summed E-state index contributed by atoms with van der Waals surface area (Å²) >= 11 is 1.03. The fraction of sp³-hybridized carbons (Fsp3) is 0.942. The van der Waals surface area contributed by atoms with Crippen LogP contribution in [-0.2, 0) is 18.9 Å². The van der Waals surface area contributed by atoms with Crippen molar-refractivity contribution in [2.24, 2.45) is 0 Å². The zero-order valence-electron chi connectivity index (χ0n) is 42.4. The molecular weight excluding hydrogens is 811 g/mol. The van der Waals surface area contributed by atoms with Gasteiger partial charge in [0.1, 0.15) is 12.7 Å². The standard InChI is InChI=1S/C52H103N3O7S/c1-8-10-12-14-16-18-20-22-24-25-27-29-31-33-35-37-42-54-49(57)62-47(46-63-50(58)55-43-38-39-52(5,6)61-44-40-51(3,4)59-7)45-60-48(56)53-41-36-34-32-30-28-26-23-21-19-17-15-13-11-9-2/h47H,8-46H2,1-7H3,(H,53,56)(H,54,57)(H,55,58). The zero-order valence-corrected chi connectivity index (χ0v) is 43.2. The van der Waals surface area contributed by atoms with Crippen molar-refractivity contribution in [2.45, 2.75) is 271 Å². The molecule has 3 amide bonds. The smallest absolute Gasteiger partial charge is 0.407 e. The summed E-state index contributed by atoms with van der Waals surface area (Å²) in [6.45, 7) is 14.8. The number of hydrogen-bond acceptors (Lipinski definition) is 8. The van der Waals surface area contributed by atoms with Gasteiger partial charge in [-0.15, -0.1) is 0 Å². The first-order valence-corrected chi connectivity index (χ1v) is 27.4. The van der Waals surface area contributed by atoms with E-state index in [0.29, 0.717) is 26.2 Å². The number of nitrogens with one attached hydrogen (secondary N) is 3. The van der Waals surface area contributed by atoms with E-state index in [-0.39, 0.29) is 28.8 Å². The second-order valence-corrected chi connectivity index (χ2v) is 20.3. The van der Waals surface area contributed by atoms with Crippen molar-refractivity contribution in [2.75, 3.05) is 45.7 Å². The fourth-order valence-corrected chi connectivity index (χ4v) is 8.28. The molecule has 0 fully saturated rings. The number of carbonyl (C=O) groups is 3. The molecule has 63 heavy (non-hydrogen) atoms. The molecule has 0 aliphatic rings. The molecule has 0 aliphatic heterocycles. The van der Waals surface area contributed by atoms with Gasteiger partial charge in [-0.05, 0) is 59.8 Å². The summed E-state index contributed by atoms with van der Waals surface area (Å²) in [5.41, 5.74) is -0.542. The van der Waals surface area contributed by atoms with Crippen molar-refractivity contribution < 1.29 is 33.3 Å². The summed E-state index contributed by atoms with van der Waals surface area (Å²) in [6.07, 6.45) is 39.2. The summed E-state index contributed by atoms with van der Waals surface area (Å²) in [6, 6.07) is 0. The predicted molar refractivity (Wildman–Crippen MR) is 268 cm³/mol. The number of alkyl carbamates (subject to hydrolysis) is 2. The second-order valence-electron chi connectivity index (χ2n) is 19.3. The quantitative estimate of drug-likeness (QED) is 0.0516. The van der Waals surface area contributed by atoms with E-state index in [0.717, 1.165) is 56.7 Å². The molecule has 0 bridgehead atoms. The van der Waals surface area contributed by atoms with Crippen molar-refractivity contribution in [3.8, 4) is 0 Å². The van der Waals surface area contributed by atoms with Crippen molar-refractivity contribution in [1.82, 2.24) is 16.0 Å². The van der Waals surface area contributed by atoms with Gasteiger partial charge in [-0.25, -0.2) is 9.59 Å². The number of unbranched alkanes of at least 4 members (excludes halogenated alkanes) is 28. The summed E-state index contributed by atoms with van der Waals surface area (Å²) in [5.74, 6) is 0.175. The van der Waals surface area contributed by atoms with Crippen LogP contribution in [-0.4, -0.2) is 80.4 Å². The van der Waals surface area contributed by atoms with Crippen LogP contribution in [0.15, 0.2) is 0 Å². The highest BCUT2D eigenvalue weighted by atomic mass is 32.2. The molecule has 0 spiro atoms. The molecule has 0 heterocycles. The third-order valence-electron chi connectivity index (χ3n) is 12.1. The fourth-order valence-electron chi connectivity index (χ4n) is 7.57. The van der Waals surface area contributed by atoms with E-state index in [9.17, 15) is 14.4 Å². The Labute approximate surface area is 393 Å². The van der Waals surface area contributed by atoms with E-state index in [2.05, 4.69) is 43.6 Å². The Hall–Kier alpha value is -1.72. The molecule has 374 valence electrons. The van der Waals surface area contributed by atoms with Crippen LogP contribution in [0.1, 0.15) is 253 Å². The van der Waals surface area contributed by atoms with E-state index in [1.807, 2.05) is 13.8 Å². The molecule has 1 atom stereocenters. The topological polar surface area (TPSA) is 124 Å². The lowest BCUT2D eigenvalue weighted by molar-refractivity contribution is -0.0616. The van der Waals surface area contributed by atoms with Gasteiger partial charge in [0.15, 0.2) is 0 Å². The highest BCUT2D eigenvalue weighted by Gasteiger charge is 2.22. The molecule has 0 aromatic carbocycles. The third-order valence-corrected chi connectivity index (χ3v) is 13.1. The van der Waals surface area contributed by atoms with Gasteiger partial charge in [0, 0.05) is 32.5 Å². The Morgan fingerprint density at radius 2 is 0.857 bits per heavy atom. The van der Waals surface area contributed by atoms with E-state index < -0.39 is 18.3 Å². The first-order valence-electron chi connectivity index (χ1n) is 26.4. The monoisotopic (exact) mass is 914 g/mol. The lowest BCUT2D eigenvalue weighted by atomic mass is 10.0. The van der Waals surface area contributed by atoms with E-state index in [1.54, 1.807) is 7.11 Å². The van der Waals surface area contributed by atoms with Gasteiger partial charge >= 0.3 is 12.2 Å². The molecule has 0 radical (unpaired) electrons. The Morgan fingerprint density at radius 3 is 1.27 bits per heavy atom. The number of thioether (sulfide) groups is 1. The molecule has 1 unspecified atom stereocenters. The van der Waals surface area contributed by atoms with Gasteiger partial charge in [0.2, 0.25) is 0 Å². The molecule has 0 saturated carbocycles. The predicted octanol–water partition coefficient (Wildman–Crippen LogP) is 15.4. The van der Waals surface area contributed by atoms with Crippen molar-refractivity contribution in [3.05, 3.63) is 0 Å². The van der Waals surface area contributed by atoms with Gasteiger partial charge in [-0.3, -0.25) is 4.79 Å². The average Bonchev–Trinajstić information content (AvgIpc) is 3.25. The minimum Gasteiger partial charge on any atom is -0.446 e. The van der Waals surface area contributed by atoms with Crippen LogP contribution in [0, 0.1) is 0 Å². The normalized spacial score (nSPS) is 12.3. The van der Waals surface area contributed by atoms with Crippen LogP contribution in [0.25, 0.3) is 0 Å². The summed E-state index contributed by atoms with van der Waals surface area (Å²) in [5, 5.41) is 8.43. The summed E-state index contributed by atoms with van der Waals surface area (Å²) in [7, 11) is 1.71. The van der Waals surface area contributed by atoms with Crippen LogP contribution in [0.3, 0.4) is 0 Å². The number of hydrogen-bond donors (Lipinski definition) is 3. The number of amides is 3. The number of methoxy groups -OCH3 is 1. The molecule has 0 aromatic heterocycles. The first-order chi connectivity index (χ1) is 30.4. The van der Waals surface area contributed by atoms with Crippen LogP contribution in [0.4, 0.5) is 14.4 Å². The molecule has 0 aromatic rings. The number of ether oxygens (including phenoxy) is 4. The molecule has 10 nitrogen and oxygen atoms in total. The van der Waals surface area contributed by atoms with E-state index >= 15 is 0 Å². The lowest BCUT2D eigenvalue weighted by Gasteiger charge is -2.29. The molecule has 3 N–H and O–H groups in total. The van der Waals surface area contributed by atoms with Gasteiger partial charge < -0.3 is 34.9 Å². The maximum Gasteiger partial charge on any atom is 0.407 e.